The van der Waals surface area contributed by atoms with Crippen LogP contribution in [0.2, 0.25) is 0 Å². The maximum absolute atomic E-state index is 12.9. The summed E-state index contributed by atoms with van der Waals surface area (Å²) in [6.45, 7) is 0. The van der Waals surface area contributed by atoms with Crippen molar-refractivity contribution in [3.05, 3.63) is 24.3 Å². The van der Waals surface area contributed by atoms with Crippen LogP contribution in [0.15, 0.2) is 24.3 Å². The standard InChI is InChI=1S/C17H21NO5S.Na/c19-16(17-8-11-5-12(9-17)7-13(6-11)10-17)18-14-1-3-15(4-2-14)23-24(20,21)22;/h1-4,11-13H,5-10H2,(H,18,19)(H,20,21,22);/q;+1/p-1. The molecule has 4 bridgehead atoms. The number of anilines is 1. The van der Waals surface area contributed by atoms with Gasteiger partial charge < -0.3 is 14.1 Å². The van der Waals surface area contributed by atoms with Crippen LogP contribution in [-0.4, -0.2) is 18.9 Å². The summed E-state index contributed by atoms with van der Waals surface area (Å²) in [6, 6.07) is 5.84. The molecule has 8 heteroatoms. The number of carbonyl (C=O) groups excluding carboxylic acids is 1. The first-order valence-electron chi connectivity index (χ1n) is 8.38. The Hall–Kier alpha value is -0.600. The van der Waals surface area contributed by atoms with Gasteiger partial charge in [0, 0.05) is 5.69 Å². The SMILES string of the molecule is O=C(Nc1ccc(OS(=O)(=O)[O-])cc1)C12CC3CC(CC(C3)C1)C2.[Na+]. The average molecular weight is 373 g/mol. The summed E-state index contributed by atoms with van der Waals surface area (Å²) in [5.41, 5.74) is 0.355. The molecule has 4 aliphatic carbocycles. The normalized spacial score (nSPS) is 32.8. The second-order valence-corrected chi connectivity index (χ2v) is 8.65. The molecule has 0 unspecified atom stereocenters. The van der Waals surface area contributed by atoms with Crippen LogP contribution in [0, 0.1) is 23.2 Å². The predicted molar refractivity (Wildman–Crippen MR) is 86.0 cm³/mol. The third-order valence-electron chi connectivity index (χ3n) is 5.83. The van der Waals surface area contributed by atoms with Gasteiger partial charge in [0.25, 0.3) is 10.4 Å². The molecule has 5 rings (SSSR count). The van der Waals surface area contributed by atoms with Crippen LogP contribution in [0.1, 0.15) is 38.5 Å². The van der Waals surface area contributed by atoms with Gasteiger partial charge in [-0.2, -0.15) is 0 Å². The van der Waals surface area contributed by atoms with E-state index < -0.39 is 10.4 Å². The number of amides is 1. The molecule has 0 aliphatic heterocycles. The summed E-state index contributed by atoms with van der Waals surface area (Å²) in [6.07, 6.45) is 6.80. The van der Waals surface area contributed by atoms with E-state index in [-0.39, 0.29) is 46.6 Å². The molecule has 1 aromatic carbocycles. The van der Waals surface area contributed by atoms with Crippen LogP contribution in [0.4, 0.5) is 5.69 Å². The predicted octanol–water partition coefficient (Wildman–Crippen LogP) is -0.315. The van der Waals surface area contributed by atoms with Crippen molar-refractivity contribution in [2.24, 2.45) is 23.2 Å². The van der Waals surface area contributed by atoms with E-state index in [1.807, 2.05) is 0 Å². The second kappa shape index (κ2) is 6.85. The van der Waals surface area contributed by atoms with Gasteiger partial charge in [0.15, 0.2) is 0 Å². The zero-order chi connectivity index (χ0) is 16.9. The van der Waals surface area contributed by atoms with E-state index in [0.29, 0.717) is 23.4 Å². The van der Waals surface area contributed by atoms with Crippen molar-refractivity contribution in [1.82, 2.24) is 0 Å². The Morgan fingerprint density at radius 3 is 1.96 bits per heavy atom. The minimum atomic E-state index is -4.78. The molecule has 25 heavy (non-hydrogen) atoms. The molecule has 4 saturated carbocycles. The van der Waals surface area contributed by atoms with Crippen molar-refractivity contribution >= 4 is 22.0 Å². The van der Waals surface area contributed by atoms with Crippen LogP contribution in [0.3, 0.4) is 0 Å². The fourth-order valence-electron chi connectivity index (χ4n) is 5.36. The molecule has 6 nitrogen and oxygen atoms in total. The number of rotatable bonds is 4. The van der Waals surface area contributed by atoms with Crippen LogP contribution in [-0.2, 0) is 15.2 Å². The fraction of sp³-hybridized carbons (Fsp3) is 0.588. The van der Waals surface area contributed by atoms with E-state index >= 15 is 0 Å². The smallest absolute Gasteiger partial charge is 0.716 e. The van der Waals surface area contributed by atoms with Crippen molar-refractivity contribution in [1.29, 1.82) is 0 Å². The average Bonchev–Trinajstić information content (AvgIpc) is 2.46. The topological polar surface area (TPSA) is 95.5 Å². The Bertz CT molecular complexity index is 726. The Morgan fingerprint density at radius 2 is 1.52 bits per heavy atom. The molecular formula is C17H20NNaO5S. The molecule has 1 amide bonds. The molecular weight excluding hydrogens is 353 g/mol. The van der Waals surface area contributed by atoms with Crippen molar-refractivity contribution < 1.29 is 51.5 Å². The second-order valence-electron chi connectivity index (χ2n) is 7.67. The van der Waals surface area contributed by atoms with Crippen LogP contribution < -0.4 is 39.1 Å². The first-order valence-corrected chi connectivity index (χ1v) is 9.71. The summed E-state index contributed by atoms with van der Waals surface area (Å²) in [5.74, 6) is 2.10. The van der Waals surface area contributed by atoms with Crippen LogP contribution >= 0.6 is 0 Å². The minimum absolute atomic E-state index is 0. The minimum Gasteiger partial charge on any atom is -0.716 e. The maximum atomic E-state index is 12.9. The number of hydrogen-bond acceptors (Lipinski definition) is 5. The van der Waals surface area contributed by atoms with Gasteiger partial charge in [-0.25, -0.2) is 8.42 Å². The molecule has 0 atom stereocenters. The third-order valence-corrected chi connectivity index (χ3v) is 6.23. The summed E-state index contributed by atoms with van der Waals surface area (Å²) < 4.78 is 36.0. The van der Waals surface area contributed by atoms with E-state index in [1.165, 1.54) is 31.4 Å². The summed E-state index contributed by atoms with van der Waals surface area (Å²) in [4.78, 5) is 12.9. The molecule has 0 radical (unpaired) electrons. The van der Waals surface area contributed by atoms with E-state index in [9.17, 15) is 17.8 Å². The molecule has 0 spiro atoms. The molecule has 0 aromatic heterocycles. The van der Waals surface area contributed by atoms with E-state index in [1.54, 1.807) is 12.1 Å². The van der Waals surface area contributed by atoms with Gasteiger partial charge in [-0.1, -0.05) is 0 Å². The Morgan fingerprint density at radius 1 is 1.04 bits per heavy atom. The van der Waals surface area contributed by atoms with Gasteiger partial charge >= 0.3 is 29.6 Å². The van der Waals surface area contributed by atoms with Gasteiger partial charge in [-0.3, -0.25) is 4.79 Å². The number of benzene rings is 1. The first kappa shape index (κ1) is 19.2. The molecule has 0 heterocycles. The van der Waals surface area contributed by atoms with Gasteiger partial charge in [0.2, 0.25) is 5.91 Å². The van der Waals surface area contributed by atoms with Crippen molar-refractivity contribution in [3.63, 3.8) is 0 Å². The zero-order valence-electron chi connectivity index (χ0n) is 14.2. The Kier molecular flexibility index (Phi) is 5.25. The molecule has 1 aromatic rings. The first-order chi connectivity index (χ1) is 11.3. The molecule has 130 valence electrons. The summed E-state index contributed by atoms with van der Waals surface area (Å²) in [7, 11) is -4.78. The van der Waals surface area contributed by atoms with E-state index in [2.05, 4.69) is 9.50 Å². The quantitative estimate of drug-likeness (QED) is 0.444. The van der Waals surface area contributed by atoms with E-state index in [4.69, 9.17) is 0 Å². The van der Waals surface area contributed by atoms with Crippen molar-refractivity contribution in [3.8, 4) is 5.75 Å². The van der Waals surface area contributed by atoms with Gasteiger partial charge in [-0.05, 0) is 80.5 Å². The molecule has 4 aliphatic rings. The Balaban J connectivity index is 0.00000182. The molecule has 1 N–H and O–H groups in total. The largest absolute Gasteiger partial charge is 1.00 e. The van der Waals surface area contributed by atoms with Crippen LogP contribution in [0.5, 0.6) is 5.75 Å². The van der Waals surface area contributed by atoms with Gasteiger partial charge in [-0.15, -0.1) is 0 Å². The number of carbonyl (C=O) groups is 1. The number of nitrogens with one attached hydrogen (secondary N) is 1. The zero-order valence-corrected chi connectivity index (χ0v) is 17.1. The Labute approximate surface area is 170 Å². The summed E-state index contributed by atoms with van der Waals surface area (Å²) in [5, 5.41) is 2.97. The monoisotopic (exact) mass is 373 g/mol. The van der Waals surface area contributed by atoms with E-state index in [0.717, 1.165) is 19.3 Å². The molecule has 0 saturated heterocycles. The fourth-order valence-corrected chi connectivity index (χ4v) is 5.71. The summed E-state index contributed by atoms with van der Waals surface area (Å²) >= 11 is 0. The number of hydrogen-bond donors (Lipinski definition) is 1. The van der Waals surface area contributed by atoms with Crippen molar-refractivity contribution in [2.45, 2.75) is 38.5 Å². The van der Waals surface area contributed by atoms with Gasteiger partial charge in [0.1, 0.15) is 5.75 Å². The third kappa shape index (κ3) is 4.06. The van der Waals surface area contributed by atoms with Crippen molar-refractivity contribution in [2.75, 3.05) is 5.32 Å². The van der Waals surface area contributed by atoms with Crippen LogP contribution in [0.25, 0.3) is 0 Å². The van der Waals surface area contributed by atoms with Gasteiger partial charge in [0.05, 0.1) is 5.41 Å². The molecule has 4 fully saturated rings. The maximum Gasteiger partial charge on any atom is 1.00 e.